The van der Waals surface area contributed by atoms with Crippen LogP contribution in [0.4, 0.5) is 10.1 Å². The van der Waals surface area contributed by atoms with Gasteiger partial charge in [0.1, 0.15) is 23.1 Å². The minimum atomic E-state index is -0.424. The largest absolute Gasteiger partial charge is 0.497 e. The third kappa shape index (κ3) is 3.94. The molecule has 7 heteroatoms. The van der Waals surface area contributed by atoms with E-state index in [1.54, 1.807) is 18.2 Å². The molecule has 0 aromatic heterocycles. The first-order chi connectivity index (χ1) is 12.6. The van der Waals surface area contributed by atoms with Gasteiger partial charge in [0.2, 0.25) is 5.91 Å². The van der Waals surface area contributed by atoms with Gasteiger partial charge in [-0.05, 0) is 30.3 Å². The molecular formula is C19H18FNO5. The second kappa shape index (κ2) is 7.88. The van der Waals surface area contributed by atoms with Crippen LogP contribution in [0, 0.1) is 5.82 Å². The molecule has 0 saturated carbocycles. The first-order valence-corrected chi connectivity index (χ1v) is 7.84. The van der Waals surface area contributed by atoms with Crippen molar-refractivity contribution in [3.63, 3.8) is 0 Å². The van der Waals surface area contributed by atoms with Gasteiger partial charge < -0.3 is 24.3 Å². The Kier molecular flexibility index (Phi) is 5.38. The minimum absolute atomic E-state index is 0.0900. The van der Waals surface area contributed by atoms with E-state index in [1.807, 2.05) is 0 Å². The van der Waals surface area contributed by atoms with E-state index in [4.69, 9.17) is 18.9 Å². The molecule has 26 heavy (non-hydrogen) atoms. The third-order valence-electron chi connectivity index (χ3n) is 3.78. The quantitative estimate of drug-likeness (QED) is 0.830. The molecule has 0 saturated heterocycles. The standard InChI is InChI=1S/C19H18FNO5/c1-23-15-4-5-17(24-2)16(9-15)21-18(22)6-3-12-7-14(20)8-13-10-25-11-26-19(12)13/h3-9H,10-11H2,1-2H3,(H,21,22). The Bertz CT molecular complexity index is 850. The number of halogens is 1. The molecule has 6 nitrogen and oxygen atoms in total. The number of anilines is 1. The Labute approximate surface area is 150 Å². The van der Waals surface area contributed by atoms with E-state index in [-0.39, 0.29) is 13.4 Å². The van der Waals surface area contributed by atoms with Gasteiger partial charge in [-0.15, -0.1) is 0 Å². The van der Waals surface area contributed by atoms with Crippen LogP contribution in [0.2, 0.25) is 0 Å². The van der Waals surface area contributed by atoms with Crippen molar-refractivity contribution in [3.8, 4) is 17.2 Å². The summed E-state index contributed by atoms with van der Waals surface area (Å²) in [5, 5.41) is 2.71. The molecule has 0 aliphatic carbocycles. The third-order valence-corrected chi connectivity index (χ3v) is 3.78. The highest BCUT2D eigenvalue weighted by Gasteiger charge is 2.16. The number of hydrogen-bond acceptors (Lipinski definition) is 5. The number of amides is 1. The second-order valence-corrected chi connectivity index (χ2v) is 5.48. The molecule has 0 spiro atoms. The molecule has 0 fully saturated rings. The fourth-order valence-corrected chi connectivity index (χ4v) is 2.58. The first-order valence-electron chi connectivity index (χ1n) is 7.84. The Morgan fingerprint density at radius 2 is 2.08 bits per heavy atom. The summed E-state index contributed by atoms with van der Waals surface area (Å²) in [6, 6.07) is 7.72. The molecule has 0 unspecified atom stereocenters. The number of fused-ring (bicyclic) bond motifs is 1. The Balaban J connectivity index is 1.80. The van der Waals surface area contributed by atoms with Crippen molar-refractivity contribution < 1.29 is 28.1 Å². The Morgan fingerprint density at radius 3 is 2.85 bits per heavy atom. The van der Waals surface area contributed by atoms with Gasteiger partial charge in [-0.1, -0.05) is 0 Å². The zero-order chi connectivity index (χ0) is 18.5. The lowest BCUT2D eigenvalue weighted by Gasteiger charge is -2.19. The van der Waals surface area contributed by atoms with Gasteiger partial charge >= 0.3 is 0 Å². The molecule has 2 aromatic carbocycles. The lowest BCUT2D eigenvalue weighted by molar-refractivity contribution is -0.111. The maximum absolute atomic E-state index is 13.7. The summed E-state index contributed by atoms with van der Waals surface area (Å²) in [5.41, 5.74) is 1.54. The number of rotatable bonds is 5. The Hall–Kier alpha value is -3.06. The van der Waals surface area contributed by atoms with Crippen molar-refractivity contribution in [1.82, 2.24) is 0 Å². The lowest BCUT2D eigenvalue weighted by atomic mass is 10.1. The van der Waals surface area contributed by atoms with Gasteiger partial charge in [-0.3, -0.25) is 4.79 Å². The molecule has 0 bridgehead atoms. The van der Waals surface area contributed by atoms with Crippen LogP contribution in [-0.4, -0.2) is 26.9 Å². The van der Waals surface area contributed by atoms with Gasteiger partial charge in [0.05, 0.1) is 26.5 Å². The minimum Gasteiger partial charge on any atom is -0.497 e. The molecule has 0 radical (unpaired) electrons. The molecule has 1 heterocycles. The summed E-state index contributed by atoms with van der Waals surface area (Å²) in [5.74, 6) is 0.767. The van der Waals surface area contributed by atoms with Crippen molar-refractivity contribution >= 4 is 17.7 Å². The smallest absolute Gasteiger partial charge is 0.248 e. The predicted octanol–water partition coefficient (Wildman–Crippen LogP) is 3.36. The number of methoxy groups -OCH3 is 2. The monoisotopic (exact) mass is 359 g/mol. The van der Waals surface area contributed by atoms with E-state index in [0.717, 1.165) is 0 Å². The average Bonchev–Trinajstić information content (AvgIpc) is 2.65. The van der Waals surface area contributed by atoms with E-state index >= 15 is 0 Å². The van der Waals surface area contributed by atoms with Gasteiger partial charge in [0.15, 0.2) is 6.79 Å². The molecule has 1 amide bonds. The number of carbonyl (C=O) groups excluding carboxylic acids is 1. The summed E-state index contributed by atoms with van der Waals surface area (Å²) >= 11 is 0. The summed E-state index contributed by atoms with van der Waals surface area (Å²) < 4.78 is 34.7. The van der Waals surface area contributed by atoms with E-state index in [0.29, 0.717) is 34.1 Å². The molecule has 1 aliphatic heterocycles. The number of hydrogen-bond donors (Lipinski definition) is 1. The van der Waals surface area contributed by atoms with Crippen molar-refractivity contribution in [2.75, 3.05) is 26.3 Å². The van der Waals surface area contributed by atoms with Crippen molar-refractivity contribution in [1.29, 1.82) is 0 Å². The highest BCUT2D eigenvalue weighted by Crippen LogP contribution is 2.31. The van der Waals surface area contributed by atoms with Crippen LogP contribution < -0.4 is 19.5 Å². The molecule has 1 aliphatic rings. The number of nitrogens with one attached hydrogen (secondary N) is 1. The fourth-order valence-electron chi connectivity index (χ4n) is 2.58. The van der Waals surface area contributed by atoms with Crippen LogP contribution in [0.3, 0.4) is 0 Å². The zero-order valence-corrected chi connectivity index (χ0v) is 14.4. The summed E-state index contributed by atoms with van der Waals surface area (Å²) in [6.45, 7) is 0.355. The zero-order valence-electron chi connectivity index (χ0n) is 14.4. The van der Waals surface area contributed by atoms with Gasteiger partial charge in [-0.2, -0.15) is 0 Å². The number of benzene rings is 2. The van der Waals surface area contributed by atoms with Gasteiger partial charge in [-0.25, -0.2) is 4.39 Å². The molecule has 0 atom stereocenters. The summed E-state index contributed by atoms with van der Waals surface area (Å²) in [7, 11) is 3.04. The Morgan fingerprint density at radius 1 is 1.23 bits per heavy atom. The second-order valence-electron chi connectivity index (χ2n) is 5.48. The maximum Gasteiger partial charge on any atom is 0.248 e. The lowest BCUT2D eigenvalue weighted by Crippen LogP contribution is -2.13. The van der Waals surface area contributed by atoms with Gasteiger partial charge in [0, 0.05) is 23.3 Å². The van der Waals surface area contributed by atoms with Crippen LogP contribution in [0.15, 0.2) is 36.4 Å². The van der Waals surface area contributed by atoms with E-state index in [9.17, 15) is 9.18 Å². The van der Waals surface area contributed by atoms with Gasteiger partial charge in [0.25, 0.3) is 0 Å². The summed E-state index contributed by atoms with van der Waals surface area (Å²) in [4.78, 5) is 12.3. The van der Waals surface area contributed by atoms with Crippen molar-refractivity contribution in [2.24, 2.45) is 0 Å². The molecular weight excluding hydrogens is 341 g/mol. The fraction of sp³-hybridized carbons (Fsp3) is 0.211. The topological polar surface area (TPSA) is 66.0 Å². The summed E-state index contributed by atoms with van der Waals surface area (Å²) in [6.07, 6.45) is 2.79. The highest BCUT2D eigenvalue weighted by molar-refractivity contribution is 6.03. The number of carbonyl (C=O) groups is 1. The van der Waals surface area contributed by atoms with E-state index in [2.05, 4.69) is 5.32 Å². The van der Waals surface area contributed by atoms with Crippen LogP contribution >= 0.6 is 0 Å². The molecule has 3 rings (SSSR count). The maximum atomic E-state index is 13.7. The van der Waals surface area contributed by atoms with Crippen molar-refractivity contribution in [2.45, 2.75) is 6.61 Å². The average molecular weight is 359 g/mol. The van der Waals surface area contributed by atoms with E-state index in [1.165, 1.54) is 38.5 Å². The molecule has 136 valence electrons. The van der Waals surface area contributed by atoms with Crippen LogP contribution in [0.5, 0.6) is 17.2 Å². The molecule has 1 N–H and O–H groups in total. The highest BCUT2D eigenvalue weighted by atomic mass is 19.1. The van der Waals surface area contributed by atoms with Crippen LogP contribution in [0.1, 0.15) is 11.1 Å². The van der Waals surface area contributed by atoms with Crippen LogP contribution in [-0.2, 0) is 16.1 Å². The van der Waals surface area contributed by atoms with E-state index < -0.39 is 11.7 Å². The normalized spacial score (nSPS) is 13.0. The molecule has 2 aromatic rings. The SMILES string of the molecule is COc1ccc(OC)c(NC(=O)C=Cc2cc(F)cc3c2OCOC3)c1. The van der Waals surface area contributed by atoms with Crippen molar-refractivity contribution in [3.05, 3.63) is 53.4 Å². The van der Waals surface area contributed by atoms with Crippen LogP contribution in [0.25, 0.3) is 6.08 Å². The predicted molar refractivity (Wildman–Crippen MR) is 93.9 cm³/mol. The first kappa shape index (κ1) is 17.8. The number of ether oxygens (including phenoxy) is 4.